The molecule has 1 atom stereocenters. The Labute approximate surface area is 179 Å². The summed E-state index contributed by atoms with van der Waals surface area (Å²) in [7, 11) is 0. The van der Waals surface area contributed by atoms with Gasteiger partial charge in [0.2, 0.25) is 0 Å². The standard InChI is InChI=1S/C24H21N5S/c1-17(20-3-2-4-22(12-20)29-10-8-26-16-29)23-14-27-24(30-23)28-9-7-19-6-5-18(13-25)11-21(19)15-28/h2-6,8,10-12,14,16-17H,7,9,15H2,1H3. The number of thiazole rings is 1. The Bertz CT molecular complexity index is 1220. The van der Waals surface area contributed by atoms with E-state index in [0.717, 1.165) is 35.9 Å². The molecule has 5 nitrogen and oxygen atoms in total. The molecule has 2 aromatic carbocycles. The van der Waals surface area contributed by atoms with Crippen LogP contribution in [0.15, 0.2) is 67.4 Å². The van der Waals surface area contributed by atoms with Gasteiger partial charge in [0, 0.05) is 48.2 Å². The molecule has 30 heavy (non-hydrogen) atoms. The molecule has 6 heteroatoms. The van der Waals surface area contributed by atoms with Crippen LogP contribution in [0.1, 0.15) is 40.0 Å². The SMILES string of the molecule is CC(c1cccc(-n2ccnc2)c1)c1cnc(N2CCc3ccc(C#N)cc3C2)s1. The Kier molecular flexibility index (Phi) is 4.82. The predicted octanol–water partition coefficient (Wildman–Crippen LogP) is 4.91. The zero-order chi connectivity index (χ0) is 20.5. The third-order valence-corrected chi connectivity index (χ3v) is 6.97. The molecular weight excluding hydrogens is 390 g/mol. The number of benzene rings is 2. The van der Waals surface area contributed by atoms with Gasteiger partial charge < -0.3 is 9.47 Å². The van der Waals surface area contributed by atoms with Crippen LogP contribution in [0.2, 0.25) is 0 Å². The maximum atomic E-state index is 9.20. The molecule has 0 aliphatic carbocycles. The highest BCUT2D eigenvalue weighted by molar-refractivity contribution is 7.15. The first kappa shape index (κ1) is 18.6. The summed E-state index contributed by atoms with van der Waals surface area (Å²) in [6.07, 6.45) is 8.57. The van der Waals surface area contributed by atoms with Crippen molar-refractivity contribution in [1.82, 2.24) is 14.5 Å². The maximum Gasteiger partial charge on any atom is 0.185 e. The summed E-state index contributed by atoms with van der Waals surface area (Å²) in [4.78, 5) is 12.5. The lowest BCUT2D eigenvalue weighted by Crippen LogP contribution is -2.30. The van der Waals surface area contributed by atoms with Gasteiger partial charge in [0.1, 0.15) is 0 Å². The van der Waals surface area contributed by atoms with Crippen molar-refractivity contribution < 1.29 is 0 Å². The number of nitriles is 1. The van der Waals surface area contributed by atoms with E-state index in [2.05, 4.69) is 53.2 Å². The topological polar surface area (TPSA) is 57.7 Å². The molecule has 1 unspecified atom stereocenters. The second kappa shape index (κ2) is 7.77. The largest absolute Gasteiger partial charge is 0.343 e. The second-order valence-electron chi connectivity index (χ2n) is 7.60. The smallest absolute Gasteiger partial charge is 0.185 e. The molecule has 0 saturated heterocycles. The summed E-state index contributed by atoms with van der Waals surface area (Å²) in [5.74, 6) is 0.266. The van der Waals surface area contributed by atoms with Gasteiger partial charge >= 0.3 is 0 Å². The quantitative estimate of drug-likeness (QED) is 0.478. The number of hydrogen-bond donors (Lipinski definition) is 0. The molecule has 0 N–H and O–H groups in total. The molecule has 0 radical (unpaired) electrons. The van der Waals surface area contributed by atoms with Crippen LogP contribution in [0.3, 0.4) is 0 Å². The van der Waals surface area contributed by atoms with Crippen LogP contribution in [-0.2, 0) is 13.0 Å². The monoisotopic (exact) mass is 411 g/mol. The zero-order valence-electron chi connectivity index (χ0n) is 16.7. The van der Waals surface area contributed by atoms with Gasteiger partial charge in [-0.05, 0) is 47.4 Å². The highest BCUT2D eigenvalue weighted by atomic mass is 32.1. The lowest BCUT2D eigenvalue weighted by Gasteiger charge is -2.28. The Balaban J connectivity index is 1.37. The van der Waals surface area contributed by atoms with Crippen molar-refractivity contribution >= 4 is 16.5 Å². The van der Waals surface area contributed by atoms with Crippen molar-refractivity contribution in [3.63, 3.8) is 0 Å². The molecule has 3 heterocycles. The number of rotatable bonds is 4. The third kappa shape index (κ3) is 3.49. The first-order valence-corrected chi connectivity index (χ1v) is 10.8. The summed E-state index contributed by atoms with van der Waals surface area (Å²) in [6, 6.07) is 16.8. The fraction of sp³-hybridized carbons (Fsp3) is 0.208. The molecule has 0 fully saturated rings. The van der Waals surface area contributed by atoms with Crippen LogP contribution in [0.25, 0.3) is 5.69 Å². The number of hydrogen-bond acceptors (Lipinski definition) is 5. The van der Waals surface area contributed by atoms with E-state index in [9.17, 15) is 5.26 Å². The minimum atomic E-state index is 0.266. The average molecular weight is 412 g/mol. The van der Waals surface area contributed by atoms with Crippen molar-refractivity contribution in [2.45, 2.75) is 25.8 Å². The lowest BCUT2D eigenvalue weighted by molar-refractivity contribution is 0.728. The molecule has 2 aromatic heterocycles. The minimum absolute atomic E-state index is 0.266. The van der Waals surface area contributed by atoms with E-state index >= 15 is 0 Å². The van der Waals surface area contributed by atoms with Gasteiger partial charge in [0.25, 0.3) is 0 Å². The molecule has 5 rings (SSSR count). The van der Waals surface area contributed by atoms with Gasteiger partial charge in [-0.15, -0.1) is 11.3 Å². The normalized spacial score (nSPS) is 14.2. The van der Waals surface area contributed by atoms with Crippen molar-refractivity contribution in [1.29, 1.82) is 5.26 Å². The van der Waals surface area contributed by atoms with Gasteiger partial charge in [-0.25, -0.2) is 9.97 Å². The summed E-state index contributed by atoms with van der Waals surface area (Å²) >= 11 is 1.76. The van der Waals surface area contributed by atoms with E-state index in [4.69, 9.17) is 4.98 Å². The van der Waals surface area contributed by atoms with Gasteiger partial charge in [0.05, 0.1) is 18.0 Å². The Morgan fingerprint density at radius 2 is 2.10 bits per heavy atom. The molecule has 0 saturated carbocycles. The molecule has 0 spiro atoms. The van der Waals surface area contributed by atoms with Gasteiger partial charge in [-0.3, -0.25) is 0 Å². The Hall–Kier alpha value is -3.43. The van der Waals surface area contributed by atoms with Crippen LogP contribution >= 0.6 is 11.3 Å². The fourth-order valence-corrected chi connectivity index (χ4v) is 4.96. The van der Waals surface area contributed by atoms with E-state index in [1.165, 1.54) is 21.6 Å². The summed E-state index contributed by atoms with van der Waals surface area (Å²) in [5.41, 5.74) is 5.67. The number of anilines is 1. The van der Waals surface area contributed by atoms with E-state index < -0.39 is 0 Å². The summed E-state index contributed by atoms with van der Waals surface area (Å²) in [5, 5.41) is 10.2. The fourth-order valence-electron chi connectivity index (χ4n) is 3.94. The molecule has 148 valence electrons. The highest BCUT2D eigenvalue weighted by Crippen LogP contribution is 2.35. The first-order valence-electron chi connectivity index (χ1n) is 10.0. The van der Waals surface area contributed by atoms with Crippen molar-refractivity contribution in [3.05, 3.63) is 94.5 Å². The van der Waals surface area contributed by atoms with Crippen LogP contribution < -0.4 is 4.90 Å². The maximum absolute atomic E-state index is 9.20. The summed E-state index contributed by atoms with van der Waals surface area (Å²) < 4.78 is 2.02. The molecule has 0 bridgehead atoms. The van der Waals surface area contributed by atoms with Gasteiger partial charge in [0.15, 0.2) is 5.13 Å². The van der Waals surface area contributed by atoms with E-state index in [1.54, 1.807) is 17.5 Å². The number of imidazole rings is 1. The number of fused-ring (bicyclic) bond motifs is 1. The number of nitrogens with zero attached hydrogens (tertiary/aromatic N) is 5. The van der Waals surface area contributed by atoms with Crippen LogP contribution in [0.5, 0.6) is 0 Å². The molecular formula is C24H21N5S. The molecule has 1 aliphatic heterocycles. The minimum Gasteiger partial charge on any atom is -0.343 e. The Morgan fingerprint density at radius 3 is 2.93 bits per heavy atom. The van der Waals surface area contributed by atoms with Crippen molar-refractivity contribution in [2.24, 2.45) is 0 Å². The Morgan fingerprint density at radius 1 is 1.17 bits per heavy atom. The van der Waals surface area contributed by atoms with E-state index in [0.29, 0.717) is 0 Å². The summed E-state index contributed by atoms with van der Waals surface area (Å²) in [6.45, 7) is 3.99. The predicted molar refractivity (Wildman–Crippen MR) is 119 cm³/mol. The molecule has 0 amide bonds. The van der Waals surface area contributed by atoms with Crippen LogP contribution in [0.4, 0.5) is 5.13 Å². The third-order valence-electron chi connectivity index (χ3n) is 5.73. The van der Waals surface area contributed by atoms with Crippen molar-refractivity contribution in [3.8, 4) is 11.8 Å². The molecule has 4 aromatic rings. The van der Waals surface area contributed by atoms with Gasteiger partial charge in [-0.1, -0.05) is 25.1 Å². The highest BCUT2D eigenvalue weighted by Gasteiger charge is 2.21. The van der Waals surface area contributed by atoms with E-state index in [-0.39, 0.29) is 5.92 Å². The lowest BCUT2D eigenvalue weighted by atomic mass is 9.98. The second-order valence-corrected chi connectivity index (χ2v) is 8.64. The van der Waals surface area contributed by atoms with Crippen LogP contribution in [-0.4, -0.2) is 21.1 Å². The first-order chi connectivity index (χ1) is 14.7. The zero-order valence-corrected chi connectivity index (χ0v) is 17.5. The van der Waals surface area contributed by atoms with Crippen LogP contribution in [0, 0.1) is 11.3 Å². The van der Waals surface area contributed by atoms with Crippen molar-refractivity contribution in [2.75, 3.05) is 11.4 Å². The average Bonchev–Trinajstić information content (AvgIpc) is 3.50. The number of aromatic nitrogens is 3. The van der Waals surface area contributed by atoms with Gasteiger partial charge in [-0.2, -0.15) is 5.26 Å². The molecule has 1 aliphatic rings. The van der Waals surface area contributed by atoms with E-state index in [1.807, 2.05) is 35.4 Å².